The van der Waals surface area contributed by atoms with Gasteiger partial charge in [-0.25, -0.2) is 9.97 Å². The molecule has 0 saturated carbocycles. The van der Waals surface area contributed by atoms with Gasteiger partial charge in [-0.05, 0) is 36.1 Å². The highest BCUT2D eigenvalue weighted by Gasteiger charge is 2.02. The number of benzene rings is 1. The van der Waals surface area contributed by atoms with E-state index < -0.39 is 0 Å². The molecule has 0 fully saturated rings. The SMILES string of the molecule is COc1ccc(CCC(=O)NCCc2cncnc2)cc1. The molecular weight excluding hydrogens is 266 g/mol. The normalized spacial score (nSPS) is 10.1. The highest BCUT2D eigenvalue weighted by molar-refractivity contribution is 5.76. The zero-order chi connectivity index (χ0) is 14.9. The Morgan fingerprint density at radius 1 is 1.10 bits per heavy atom. The van der Waals surface area contributed by atoms with Crippen molar-refractivity contribution >= 4 is 5.91 Å². The van der Waals surface area contributed by atoms with Gasteiger partial charge in [0.05, 0.1) is 7.11 Å². The smallest absolute Gasteiger partial charge is 0.220 e. The van der Waals surface area contributed by atoms with Crippen LogP contribution in [0.2, 0.25) is 0 Å². The molecule has 1 aromatic heterocycles. The van der Waals surface area contributed by atoms with Crippen molar-refractivity contribution in [3.05, 3.63) is 54.1 Å². The molecule has 0 bridgehead atoms. The lowest BCUT2D eigenvalue weighted by Gasteiger charge is -2.06. The summed E-state index contributed by atoms with van der Waals surface area (Å²) in [7, 11) is 1.64. The number of aryl methyl sites for hydroxylation is 1. The summed E-state index contributed by atoms with van der Waals surface area (Å²) in [6, 6.07) is 7.77. The molecule has 0 aliphatic heterocycles. The van der Waals surface area contributed by atoms with Crippen LogP contribution in [0.3, 0.4) is 0 Å². The van der Waals surface area contributed by atoms with Gasteiger partial charge in [-0.15, -0.1) is 0 Å². The van der Waals surface area contributed by atoms with Crippen molar-refractivity contribution in [2.24, 2.45) is 0 Å². The van der Waals surface area contributed by atoms with Gasteiger partial charge in [0, 0.05) is 25.4 Å². The van der Waals surface area contributed by atoms with Gasteiger partial charge in [-0.1, -0.05) is 12.1 Å². The number of carbonyl (C=O) groups is 1. The van der Waals surface area contributed by atoms with Gasteiger partial charge in [-0.2, -0.15) is 0 Å². The van der Waals surface area contributed by atoms with Crippen LogP contribution in [0.5, 0.6) is 5.75 Å². The summed E-state index contributed by atoms with van der Waals surface area (Å²) in [5, 5.41) is 2.90. The molecule has 0 spiro atoms. The van der Waals surface area contributed by atoms with E-state index >= 15 is 0 Å². The minimum absolute atomic E-state index is 0.0580. The van der Waals surface area contributed by atoms with Gasteiger partial charge in [-0.3, -0.25) is 4.79 Å². The fraction of sp³-hybridized carbons (Fsp3) is 0.312. The lowest BCUT2D eigenvalue weighted by Crippen LogP contribution is -2.25. The first kappa shape index (κ1) is 15.0. The Morgan fingerprint density at radius 3 is 2.48 bits per heavy atom. The maximum absolute atomic E-state index is 11.8. The molecule has 110 valence electrons. The standard InChI is InChI=1S/C16H19N3O2/c1-21-15-5-2-13(3-6-15)4-7-16(20)19-9-8-14-10-17-12-18-11-14/h2-3,5-6,10-12H,4,7-9H2,1H3,(H,19,20). The number of amides is 1. The largest absolute Gasteiger partial charge is 0.497 e. The first-order valence-corrected chi connectivity index (χ1v) is 6.91. The van der Waals surface area contributed by atoms with Crippen LogP contribution in [0, 0.1) is 0 Å². The Hall–Kier alpha value is -2.43. The Morgan fingerprint density at radius 2 is 1.81 bits per heavy atom. The molecule has 0 unspecified atom stereocenters. The molecule has 0 aliphatic carbocycles. The van der Waals surface area contributed by atoms with Crippen LogP contribution in [0.4, 0.5) is 0 Å². The predicted octanol–water partition coefficient (Wildman–Crippen LogP) is 1.78. The molecule has 5 nitrogen and oxygen atoms in total. The van der Waals surface area contributed by atoms with E-state index in [1.54, 1.807) is 19.5 Å². The Labute approximate surface area is 124 Å². The number of ether oxygens (including phenoxy) is 1. The highest BCUT2D eigenvalue weighted by atomic mass is 16.5. The third kappa shape index (κ3) is 5.22. The van der Waals surface area contributed by atoms with E-state index in [4.69, 9.17) is 4.74 Å². The van der Waals surface area contributed by atoms with Crippen molar-refractivity contribution in [2.45, 2.75) is 19.3 Å². The van der Waals surface area contributed by atoms with E-state index in [2.05, 4.69) is 15.3 Å². The van der Waals surface area contributed by atoms with Crippen molar-refractivity contribution in [1.29, 1.82) is 0 Å². The van der Waals surface area contributed by atoms with Crippen LogP contribution < -0.4 is 10.1 Å². The number of hydrogen-bond acceptors (Lipinski definition) is 4. The van der Waals surface area contributed by atoms with Crippen molar-refractivity contribution in [1.82, 2.24) is 15.3 Å². The van der Waals surface area contributed by atoms with Gasteiger partial charge in [0.25, 0.3) is 0 Å². The zero-order valence-electron chi connectivity index (χ0n) is 12.1. The minimum atomic E-state index is 0.0580. The van der Waals surface area contributed by atoms with Gasteiger partial charge in [0.1, 0.15) is 12.1 Å². The Kier molecular flexibility index (Phi) is 5.70. The average Bonchev–Trinajstić information content (AvgIpc) is 2.54. The lowest BCUT2D eigenvalue weighted by atomic mass is 10.1. The summed E-state index contributed by atoms with van der Waals surface area (Å²) in [6.07, 6.45) is 6.97. The van der Waals surface area contributed by atoms with Gasteiger partial charge in [0.15, 0.2) is 0 Å². The van der Waals surface area contributed by atoms with E-state index in [0.29, 0.717) is 13.0 Å². The molecule has 2 aromatic rings. The number of hydrogen-bond donors (Lipinski definition) is 1. The highest BCUT2D eigenvalue weighted by Crippen LogP contribution is 2.12. The average molecular weight is 285 g/mol. The molecule has 0 aliphatic rings. The second-order valence-corrected chi connectivity index (χ2v) is 4.69. The van der Waals surface area contributed by atoms with Crippen LogP contribution in [-0.2, 0) is 17.6 Å². The van der Waals surface area contributed by atoms with Gasteiger partial charge in [0.2, 0.25) is 5.91 Å². The zero-order valence-corrected chi connectivity index (χ0v) is 12.1. The molecule has 1 N–H and O–H groups in total. The predicted molar refractivity (Wildman–Crippen MR) is 80.1 cm³/mol. The number of rotatable bonds is 7. The van der Waals surface area contributed by atoms with Gasteiger partial charge < -0.3 is 10.1 Å². The third-order valence-electron chi connectivity index (χ3n) is 3.15. The van der Waals surface area contributed by atoms with Crippen LogP contribution in [0.15, 0.2) is 43.0 Å². The quantitative estimate of drug-likeness (QED) is 0.842. The summed E-state index contributed by atoms with van der Waals surface area (Å²) in [5.74, 6) is 0.885. The monoisotopic (exact) mass is 285 g/mol. The number of nitrogens with one attached hydrogen (secondary N) is 1. The van der Waals surface area contributed by atoms with Crippen LogP contribution in [0.25, 0.3) is 0 Å². The Bertz CT molecular complexity index is 555. The molecule has 5 heteroatoms. The molecule has 1 aromatic carbocycles. The second kappa shape index (κ2) is 7.99. The number of carbonyl (C=O) groups excluding carboxylic acids is 1. The number of aromatic nitrogens is 2. The summed E-state index contributed by atoms with van der Waals surface area (Å²) in [6.45, 7) is 0.606. The molecule has 0 saturated heterocycles. The minimum Gasteiger partial charge on any atom is -0.497 e. The molecule has 21 heavy (non-hydrogen) atoms. The lowest BCUT2D eigenvalue weighted by molar-refractivity contribution is -0.121. The molecule has 0 atom stereocenters. The maximum atomic E-state index is 11.8. The second-order valence-electron chi connectivity index (χ2n) is 4.69. The fourth-order valence-electron chi connectivity index (χ4n) is 1.94. The van der Waals surface area contributed by atoms with Crippen LogP contribution in [0.1, 0.15) is 17.5 Å². The first-order chi connectivity index (χ1) is 10.3. The summed E-state index contributed by atoms with van der Waals surface area (Å²) >= 11 is 0. The van der Waals surface area contributed by atoms with E-state index in [1.165, 1.54) is 6.33 Å². The fourth-order valence-corrected chi connectivity index (χ4v) is 1.94. The Balaban J connectivity index is 1.67. The molecule has 0 radical (unpaired) electrons. The van der Waals surface area contributed by atoms with E-state index in [0.717, 1.165) is 29.7 Å². The van der Waals surface area contributed by atoms with Crippen molar-refractivity contribution in [3.63, 3.8) is 0 Å². The maximum Gasteiger partial charge on any atom is 0.220 e. The summed E-state index contributed by atoms with van der Waals surface area (Å²) in [5.41, 5.74) is 2.15. The number of methoxy groups -OCH3 is 1. The molecule has 2 rings (SSSR count). The van der Waals surface area contributed by atoms with E-state index in [-0.39, 0.29) is 5.91 Å². The topological polar surface area (TPSA) is 64.1 Å². The van der Waals surface area contributed by atoms with Crippen LogP contribution in [-0.4, -0.2) is 29.5 Å². The molecule has 1 amide bonds. The summed E-state index contributed by atoms with van der Waals surface area (Å²) < 4.78 is 5.10. The summed E-state index contributed by atoms with van der Waals surface area (Å²) in [4.78, 5) is 19.6. The molecular formula is C16H19N3O2. The number of nitrogens with zero attached hydrogens (tertiary/aromatic N) is 2. The van der Waals surface area contributed by atoms with Crippen molar-refractivity contribution in [2.75, 3.05) is 13.7 Å². The van der Waals surface area contributed by atoms with Crippen LogP contribution >= 0.6 is 0 Å². The first-order valence-electron chi connectivity index (χ1n) is 6.91. The molecule has 1 heterocycles. The van der Waals surface area contributed by atoms with E-state index in [9.17, 15) is 4.79 Å². The van der Waals surface area contributed by atoms with Crippen molar-refractivity contribution in [3.8, 4) is 5.75 Å². The van der Waals surface area contributed by atoms with E-state index in [1.807, 2.05) is 24.3 Å². The van der Waals surface area contributed by atoms with Gasteiger partial charge >= 0.3 is 0 Å². The third-order valence-corrected chi connectivity index (χ3v) is 3.15. The van der Waals surface area contributed by atoms with Crippen molar-refractivity contribution < 1.29 is 9.53 Å².